The number of benzene rings is 1. The van der Waals surface area contributed by atoms with E-state index < -0.39 is 37.8 Å². The number of alkyl halides is 3. The summed E-state index contributed by atoms with van der Waals surface area (Å²) in [6.07, 6.45) is -1.10. The molecule has 2 aromatic rings. The van der Waals surface area contributed by atoms with Crippen molar-refractivity contribution in [2.45, 2.75) is 62.8 Å². The molecule has 1 aliphatic heterocycles. The van der Waals surface area contributed by atoms with Crippen LogP contribution < -0.4 is 4.74 Å². The molecule has 1 amide bonds. The second-order valence-corrected chi connectivity index (χ2v) is 11.6. The number of aromatic nitrogens is 1. The number of nitrogens with zero attached hydrogens (tertiary/aromatic N) is 2. The zero-order valence-electron chi connectivity index (χ0n) is 20.1. The zero-order chi connectivity index (χ0) is 26.0. The normalized spacial score (nSPS) is 15.7. The number of hydrogen-bond donors (Lipinski definition) is 0. The van der Waals surface area contributed by atoms with Gasteiger partial charge in [0.15, 0.2) is 9.84 Å². The number of hydrogen-bond acceptors (Lipinski definition) is 6. The molecule has 0 unspecified atom stereocenters. The Morgan fingerprint density at radius 2 is 1.77 bits per heavy atom. The van der Waals surface area contributed by atoms with Crippen LogP contribution >= 0.6 is 0 Å². The number of amides is 1. The number of piperidine rings is 1. The van der Waals surface area contributed by atoms with Gasteiger partial charge in [0.05, 0.1) is 16.2 Å². The Kier molecular flexibility index (Phi) is 7.68. The molecule has 0 atom stereocenters. The molecule has 192 valence electrons. The summed E-state index contributed by atoms with van der Waals surface area (Å²) in [6.45, 7) is 6.39. The van der Waals surface area contributed by atoms with Crippen molar-refractivity contribution in [3.8, 4) is 5.75 Å². The van der Waals surface area contributed by atoms with E-state index in [1.807, 2.05) is 26.8 Å². The number of ether oxygens (including phenoxy) is 2. The van der Waals surface area contributed by atoms with Crippen LogP contribution in [0.1, 0.15) is 56.4 Å². The first-order valence-corrected chi connectivity index (χ1v) is 13.0. The highest BCUT2D eigenvalue weighted by Crippen LogP contribution is 2.38. The van der Waals surface area contributed by atoms with Gasteiger partial charge in [0.25, 0.3) is 0 Å². The number of carbonyl (C=O) groups is 1. The molecule has 3 rings (SSSR count). The summed E-state index contributed by atoms with van der Waals surface area (Å²) in [6, 6.07) is 6.21. The van der Waals surface area contributed by atoms with Crippen LogP contribution in [0, 0.1) is 0 Å². The highest BCUT2D eigenvalue weighted by Gasteiger charge is 2.35. The van der Waals surface area contributed by atoms with Gasteiger partial charge in [0, 0.05) is 25.5 Å². The summed E-state index contributed by atoms with van der Waals surface area (Å²) in [5, 5.41) is 0. The number of halogens is 3. The van der Waals surface area contributed by atoms with Gasteiger partial charge in [0.2, 0.25) is 0 Å². The van der Waals surface area contributed by atoms with Crippen molar-refractivity contribution in [2.24, 2.45) is 0 Å². The molecule has 0 radical (unpaired) electrons. The van der Waals surface area contributed by atoms with Crippen LogP contribution in [0.5, 0.6) is 5.75 Å². The summed E-state index contributed by atoms with van der Waals surface area (Å²) in [4.78, 5) is 17.8. The van der Waals surface area contributed by atoms with Gasteiger partial charge in [-0.2, -0.15) is 13.2 Å². The van der Waals surface area contributed by atoms with E-state index in [1.165, 1.54) is 0 Å². The monoisotopic (exact) mass is 514 g/mol. The van der Waals surface area contributed by atoms with Gasteiger partial charge >= 0.3 is 12.3 Å². The second kappa shape index (κ2) is 10.0. The average Bonchev–Trinajstić information content (AvgIpc) is 2.75. The molecule has 0 spiro atoms. The lowest BCUT2D eigenvalue weighted by Crippen LogP contribution is -2.41. The lowest BCUT2D eigenvalue weighted by Gasteiger charge is -2.33. The van der Waals surface area contributed by atoms with Crippen molar-refractivity contribution in [3.05, 3.63) is 53.3 Å². The van der Waals surface area contributed by atoms with E-state index in [2.05, 4.69) is 4.98 Å². The summed E-state index contributed by atoms with van der Waals surface area (Å²) < 4.78 is 74.3. The van der Waals surface area contributed by atoms with Crippen LogP contribution in [0.2, 0.25) is 0 Å². The second-order valence-electron chi connectivity index (χ2n) is 9.54. The minimum atomic E-state index is -4.78. The molecule has 11 heteroatoms. The van der Waals surface area contributed by atoms with E-state index in [0.29, 0.717) is 24.8 Å². The topological polar surface area (TPSA) is 85.8 Å². The molecule has 1 aromatic heterocycles. The Morgan fingerprint density at radius 3 is 2.29 bits per heavy atom. The van der Waals surface area contributed by atoms with Crippen LogP contribution in [0.3, 0.4) is 0 Å². The molecule has 1 aromatic carbocycles. The Hall–Kier alpha value is -2.82. The van der Waals surface area contributed by atoms with Gasteiger partial charge in [-0.05, 0) is 69.4 Å². The standard InChI is InChI=1S/C24H29F3N2O5S/c1-23(2,3)34-22(30)29-11-9-16(10-12-29)17-5-6-18(28-14-17)15-33-21-8-7-19(35(4,31)32)13-20(21)24(25,26)27/h5-8,13-14,16H,9-12,15H2,1-4H3. The quantitative estimate of drug-likeness (QED) is 0.546. The van der Waals surface area contributed by atoms with Crippen LogP contribution in [0.4, 0.5) is 18.0 Å². The molecule has 1 saturated heterocycles. The number of sulfone groups is 1. The van der Waals surface area contributed by atoms with Crippen LogP contribution in [-0.4, -0.2) is 49.3 Å². The number of carbonyl (C=O) groups excluding carboxylic acids is 1. The lowest BCUT2D eigenvalue weighted by atomic mass is 9.90. The Bertz CT molecular complexity index is 1150. The molecular formula is C24H29F3N2O5S. The summed E-state index contributed by atoms with van der Waals surface area (Å²) in [7, 11) is -3.80. The maximum absolute atomic E-state index is 13.4. The number of rotatable bonds is 5. The predicted octanol–water partition coefficient (Wildman–Crippen LogP) is 5.20. The molecule has 0 bridgehead atoms. The molecule has 1 fully saturated rings. The Labute approximate surface area is 203 Å². The summed E-state index contributed by atoms with van der Waals surface area (Å²) >= 11 is 0. The van der Waals surface area contributed by atoms with Gasteiger partial charge < -0.3 is 14.4 Å². The third kappa shape index (κ3) is 7.33. The average molecular weight is 515 g/mol. The first-order valence-electron chi connectivity index (χ1n) is 11.1. The molecule has 0 aliphatic carbocycles. The summed E-state index contributed by atoms with van der Waals surface area (Å²) in [5.41, 5.74) is -0.299. The van der Waals surface area contributed by atoms with Crippen molar-refractivity contribution in [2.75, 3.05) is 19.3 Å². The number of likely N-dealkylation sites (tertiary alicyclic amines) is 1. The lowest BCUT2D eigenvalue weighted by molar-refractivity contribution is -0.139. The first-order chi connectivity index (χ1) is 16.1. The van der Waals surface area contributed by atoms with Crippen LogP contribution in [0.25, 0.3) is 0 Å². The van der Waals surface area contributed by atoms with Crippen molar-refractivity contribution in [1.82, 2.24) is 9.88 Å². The van der Waals surface area contributed by atoms with Gasteiger partial charge in [-0.1, -0.05) is 6.07 Å². The predicted molar refractivity (Wildman–Crippen MR) is 123 cm³/mol. The van der Waals surface area contributed by atoms with E-state index in [1.54, 1.807) is 17.2 Å². The minimum Gasteiger partial charge on any atom is -0.487 e. The Balaban J connectivity index is 1.62. The van der Waals surface area contributed by atoms with Crippen molar-refractivity contribution in [3.63, 3.8) is 0 Å². The largest absolute Gasteiger partial charge is 0.487 e. The molecule has 35 heavy (non-hydrogen) atoms. The highest BCUT2D eigenvalue weighted by molar-refractivity contribution is 7.90. The summed E-state index contributed by atoms with van der Waals surface area (Å²) in [5.74, 6) is -0.262. The number of pyridine rings is 1. The fraction of sp³-hybridized carbons (Fsp3) is 0.500. The smallest absolute Gasteiger partial charge is 0.420 e. The van der Waals surface area contributed by atoms with E-state index in [4.69, 9.17) is 9.47 Å². The molecule has 0 N–H and O–H groups in total. The van der Waals surface area contributed by atoms with Crippen LogP contribution in [0.15, 0.2) is 41.4 Å². The van der Waals surface area contributed by atoms with E-state index in [9.17, 15) is 26.4 Å². The highest BCUT2D eigenvalue weighted by atomic mass is 32.2. The van der Waals surface area contributed by atoms with Crippen LogP contribution in [-0.2, 0) is 27.4 Å². The fourth-order valence-corrected chi connectivity index (χ4v) is 4.37. The maximum atomic E-state index is 13.4. The van der Waals surface area contributed by atoms with Crippen molar-refractivity contribution in [1.29, 1.82) is 0 Å². The molecule has 1 aliphatic rings. The van der Waals surface area contributed by atoms with Gasteiger partial charge in [-0.3, -0.25) is 4.98 Å². The van der Waals surface area contributed by atoms with E-state index in [-0.39, 0.29) is 18.6 Å². The van der Waals surface area contributed by atoms with Gasteiger partial charge in [-0.25, -0.2) is 13.2 Å². The molecule has 2 heterocycles. The molecular weight excluding hydrogens is 485 g/mol. The minimum absolute atomic E-state index is 0.205. The maximum Gasteiger partial charge on any atom is 0.420 e. The third-order valence-corrected chi connectivity index (χ3v) is 6.64. The van der Waals surface area contributed by atoms with E-state index in [0.717, 1.165) is 36.8 Å². The third-order valence-electron chi connectivity index (χ3n) is 5.53. The van der Waals surface area contributed by atoms with E-state index >= 15 is 0 Å². The Morgan fingerprint density at radius 1 is 1.11 bits per heavy atom. The molecule has 7 nitrogen and oxygen atoms in total. The van der Waals surface area contributed by atoms with Crippen molar-refractivity contribution >= 4 is 15.9 Å². The molecule has 0 saturated carbocycles. The fourth-order valence-electron chi connectivity index (χ4n) is 3.72. The first kappa shape index (κ1) is 26.8. The van der Waals surface area contributed by atoms with Gasteiger partial charge in [0.1, 0.15) is 18.0 Å². The van der Waals surface area contributed by atoms with Gasteiger partial charge in [-0.15, -0.1) is 0 Å². The zero-order valence-corrected chi connectivity index (χ0v) is 20.9. The van der Waals surface area contributed by atoms with Crippen molar-refractivity contribution < 1.29 is 35.9 Å². The SMILES string of the molecule is CC(C)(C)OC(=O)N1CCC(c2ccc(COc3ccc(S(C)(=O)=O)cc3C(F)(F)F)nc2)CC1.